The van der Waals surface area contributed by atoms with E-state index in [-0.39, 0.29) is 5.56 Å². The van der Waals surface area contributed by atoms with Crippen molar-refractivity contribution in [1.82, 2.24) is 9.97 Å². The van der Waals surface area contributed by atoms with Crippen molar-refractivity contribution in [3.05, 3.63) is 32.6 Å². The van der Waals surface area contributed by atoms with Crippen molar-refractivity contribution in [2.45, 2.75) is 71.1 Å². The molecule has 0 aliphatic rings. The van der Waals surface area contributed by atoms with E-state index >= 15 is 0 Å². The highest BCUT2D eigenvalue weighted by Crippen LogP contribution is 2.10. The van der Waals surface area contributed by atoms with Crippen LogP contribution in [0.25, 0.3) is 0 Å². The summed E-state index contributed by atoms with van der Waals surface area (Å²) in [5, 5.41) is 0. The van der Waals surface area contributed by atoms with E-state index in [0.717, 1.165) is 18.5 Å². The normalized spacial score (nSPS) is 10.8. The molecule has 19 heavy (non-hydrogen) atoms. The molecule has 1 rings (SSSR count). The van der Waals surface area contributed by atoms with Gasteiger partial charge in [-0.2, -0.15) is 0 Å². The van der Waals surface area contributed by atoms with Gasteiger partial charge in [0.2, 0.25) is 0 Å². The second-order valence-electron chi connectivity index (χ2n) is 5.19. The van der Waals surface area contributed by atoms with E-state index in [1.807, 2.05) is 0 Å². The van der Waals surface area contributed by atoms with E-state index in [1.54, 1.807) is 0 Å². The number of nitrogens with one attached hydrogen (secondary N) is 2. The zero-order valence-electron chi connectivity index (χ0n) is 12.0. The summed E-state index contributed by atoms with van der Waals surface area (Å²) in [5.74, 6) is 0. The minimum atomic E-state index is -0.404. The number of rotatable bonds is 10. The molecule has 0 bridgehead atoms. The Bertz CT molecular complexity index is 420. The number of aryl methyl sites for hydroxylation is 1. The molecule has 4 heteroatoms. The van der Waals surface area contributed by atoms with Crippen LogP contribution in [0.15, 0.2) is 15.7 Å². The maximum Gasteiger partial charge on any atom is 0.325 e. The number of unbranched alkanes of at least 4 members (excludes halogenated alkanes) is 8. The van der Waals surface area contributed by atoms with Gasteiger partial charge in [0, 0.05) is 11.8 Å². The van der Waals surface area contributed by atoms with E-state index in [1.165, 1.54) is 57.4 Å². The lowest BCUT2D eigenvalue weighted by atomic mass is 10.1. The Balaban J connectivity index is 2.04. The van der Waals surface area contributed by atoms with Crippen LogP contribution in [0, 0.1) is 0 Å². The van der Waals surface area contributed by atoms with Crippen LogP contribution in [0.4, 0.5) is 0 Å². The van der Waals surface area contributed by atoms with Gasteiger partial charge in [0.15, 0.2) is 0 Å². The lowest BCUT2D eigenvalue weighted by molar-refractivity contribution is 0.563. The van der Waals surface area contributed by atoms with Gasteiger partial charge in [0.1, 0.15) is 0 Å². The zero-order chi connectivity index (χ0) is 13.9. The molecule has 0 fully saturated rings. The van der Waals surface area contributed by atoms with Gasteiger partial charge < -0.3 is 4.98 Å². The molecule has 0 atom stereocenters. The molecule has 0 amide bonds. The first-order valence-corrected chi connectivity index (χ1v) is 7.55. The zero-order valence-corrected chi connectivity index (χ0v) is 12.0. The summed E-state index contributed by atoms with van der Waals surface area (Å²) in [6, 6.07) is 1.48. The van der Waals surface area contributed by atoms with Crippen LogP contribution in [0.3, 0.4) is 0 Å². The van der Waals surface area contributed by atoms with Crippen LogP contribution in [0.2, 0.25) is 0 Å². The van der Waals surface area contributed by atoms with Crippen molar-refractivity contribution in [3.63, 3.8) is 0 Å². The van der Waals surface area contributed by atoms with E-state index < -0.39 is 5.69 Å². The minimum Gasteiger partial charge on any atom is -0.311 e. The smallest absolute Gasteiger partial charge is 0.311 e. The van der Waals surface area contributed by atoms with Gasteiger partial charge in [-0.15, -0.1) is 0 Å². The Morgan fingerprint density at radius 1 is 0.842 bits per heavy atom. The van der Waals surface area contributed by atoms with Crippen molar-refractivity contribution in [1.29, 1.82) is 0 Å². The number of aromatic amines is 2. The van der Waals surface area contributed by atoms with Crippen molar-refractivity contribution in [3.8, 4) is 0 Å². The molecule has 0 aliphatic heterocycles. The lowest BCUT2D eigenvalue weighted by Crippen LogP contribution is -2.22. The van der Waals surface area contributed by atoms with Crippen LogP contribution < -0.4 is 11.2 Å². The quantitative estimate of drug-likeness (QED) is 0.639. The number of hydrogen-bond acceptors (Lipinski definition) is 2. The van der Waals surface area contributed by atoms with Crippen LogP contribution >= 0.6 is 0 Å². The largest absolute Gasteiger partial charge is 0.325 e. The summed E-state index contributed by atoms with van der Waals surface area (Å²) in [4.78, 5) is 27.0. The summed E-state index contributed by atoms with van der Waals surface area (Å²) in [6.45, 7) is 2.24. The van der Waals surface area contributed by atoms with Crippen molar-refractivity contribution >= 4 is 0 Å². The van der Waals surface area contributed by atoms with Gasteiger partial charge in [0.25, 0.3) is 5.56 Å². The molecule has 0 radical (unpaired) electrons. The van der Waals surface area contributed by atoms with E-state index in [0.29, 0.717) is 0 Å². The van der Waals surface area contributed by atoms with Gasteiger partial charge in [0.05, 0.1) is 0 Å². The number of hydrogen-bond donors (Lipinski definition) is 2. The predicted octanol–water partition coefficient (Wildman–Crippen LogP) is 3.14. The standard InChI is InChI=1S/C15H26N2O2/c1-2-3-4-5-6-7-8-9-10-11-13-12-14(18)17-15(19)16-13/h12H,2-11H2,1H3,(H2,16,17,18,19). The average molecular weight is 266 g/mol. The van der Waals surface area contributed by atoms with E-state index in [2.05, 4.69) is 16.9 Å². The van der Waals surface area contributed by atoms with Gasteiger partial charge in [-0.3, -0.25) is 9.78 Å². The molecule has 4 nitrogen and oxygen atoms in total. The van der Waals surface area contributed by atoms with E-state index in [4.69, 9.17) is 0 Å². The molecular formula is C15H26N2O2. The van der Waals surface area contributed by atoms with Crippen LogP contribution in [-0.4, -0.2) is 9.97 Å². The Hall–Kier alpha value is -1.32. The lowest BCUT2D eigenvalue weighted by Gasteiger charge is -2.02. The predicted molar refractivity (Wildman–Crippen MR) is 78.6 cm³/mol. The molecule has 0 aromatic carbocycles. The molecule has 1 aromatic heterocycles. The summed E-state index contributed by atoms with van der Waals surface area (Å²) < 4.78 is 0. The first-order chi connectivity index (χ1) is 9.22. The molecule has 0 spiro atoms. The van der Waals surface area contributed by atoms with Crippen LogP contribution in [0.5, 0.6) is 0 Å². The molecule has 2 N–H and O–H groups in total. The molecule has 0 unspecified atom stereocenters. The average Bonchev–Trinajstić information content (AvgIpc) is 2.36. The fourth-order valence-electron chi connectivity index (χ4n) is 2.28. The Kier molecular flexibility index (Phi) is 7.94. The molecule has 108 valence electrons. The number of aromatic nitrogens is 2. The van der Waals surface area contributed by atoms with Crippen LogP contribution in [0.1, 0.15) is 70.4 Å². The van der Waals surface area contributed by atoms with Crippen molar-refractivity contribution in [2.24, 2.45) is 0 Å². The van der Waals surface area contributed by atoms with Crippen molar-refractivity contribution in [2.75, 3.05) is 0 Å². The monoisotopic (exact) mass is 266 g/mol. The molecule has 0 saturated heterocycles. The highest BCUT2D eigenvalue weighted by Gasteiger charge is 1.97. The van der Waals surface area contributed by atoms with E-state index in [9.17, 15) is 9.59 Å². The van der Waals surface area contributed by atoms with Gasteiger partial charge in [-0.25, -0.2) is 4.79 Å². The van der Waals surface area contributed by atoms with Gasteiger partial charge in [-0.1, -0.05) is 58.3 Å². The Morgan fingerprint density at radius 2 is 1.42 bits per heavy atom. The first-order valence-electron chi connectivity index (χ1n) is 7.55. The topological polar surface area (TPSA) is 65.7 Å². The van der Waals surface area contributed by atoms with Gasteiger partial charge >= 0.3 is 5.69 Å². The highest BCUT2D eigenvalue weighted by molar-refractivity contribution is 4.98. The molecular weight excluding hydrogens is 240 g/mol. The third kappa shape index (κ3) is 7.65. The Labute approximate surface area is 114 Å². The number of H-pyrrole nitrogens is 2. The molecule has 0 saturated carbocycles. The minimum absolute atomic E-state index is 0.310. The third-order valence-electron chi connectivity index (χ3n) is 3.37. The fraction of sp³-hybridized carbons (Fsp3) is 0.733. The summed E-state index contributed by atoms with van der Waals surface area (Å²) in [6.07, 6.45) is 12.3. The van der Waals surface area contributed by atoms with Crippen molar-refractivity contribution < 1.29 is 0 Å². The maximum absolute atomic E-state index is 11.1. The van der Waals surface area contributed by atoms with Gasteiger partial charge in [-0.05, 0) is 12.8 Å². The molecule has 0 aliphatic carbocycles. The Morgan fingerprint density at radius 3 is 2.00 bits per heavy atom. The summed E-state index contributed by atoms with van der Waals surface area (Å²) >= 11 is 0. The first kappa shape index (κ1) is 15.7. The third-order valence-corrected chi connectivity index (χ3v) is 3.37. The summed E-state index contributed by atoms with van der Waals surface area (Å²) in [7, 11) is 0. The second-order valence-corrected chi connectivity index (χ2v) is 5.19. The fourth-order valence-corrected chi connectivity index (χ4v) is 2.28. The highest BCUT2D eigenvalue weighted by atomic mass is 16.2. The summed E-state index contributed by atoms with van der Waals surface area (Å²) in [5.41, 5.74) is 0.0322. The maximum atomic E-state index is 11.1. The SMILES string of the molecule is CCCCCCCCCCCc1cc(=O)[nH]c(=O)[nH]1. The molecule has 1 aromatic rings. The second kappa shape index (κ2) is 9.59. The molecule has 1 heterocycles. The van der Waals surface area contributed by atoms with Crippen LogP contribution in [-0.2, 0) is 6.42 Å².